The maximum Gasteiger partial charge on any atom is 0.310 e. The number of ketones is 1. The van der Waals surface area contributed by atoms with Crippen molar-refractivity contribution in [3.05, 3.63) is 93.0 Å². The molecule has 0 unspecified atom stereocenters. The summed E-state index contributed by atoms with van der Waals surface area (Å²) in [4.78, 5) is 31.0. The van der Waals surface area contributed by atoms with Gasteiger partial charge >= 0.3 is 5.97 Å². The van der Waals surface area contributed by atoms with Crippen molar-refractivity contribution in [1.82, 2.24) is 15.2 Å². The summed E-state index contributed by atoms with van der Waals surface area (Å²) in [6.07, 6.45) is 6.94. The van der Waals surface area contributed by atoms with Crippen LogP contribution >= 0.6 is 23.2 Å². The van der Waals surface area contributed by atoms with Gasteiger partial charge in [-0.1, -0.05) is 65.7 Å². The van der Waals surface area contributed by atoms with Crippen molar-refractivity contribution in [2.75, 3.05) is 27.3 Å². The highest BCUT2D eigenvalue weighted by atomic mass is 35.5. The van der Waals surface area contributed by atoms with Gasteiger partial charge in [-0.05, 0) is 86.2 Å². The number of nitrogens with zero attached hydrogens (tertiary/aromatic N) is 2. The van der Waals surface area contributed by atoms with Gasteiger partial charge in [0.2, 0.25) is 5.88 Å². The fourth-order valence-electron chi connectivity index (χ4n) is 9.35. The number of piperidine rings is 2. The molecule has 2 saturated carbocycles. The number of carboxylic acids is 1. The zero-order valence-electron chi connectivity index (χ0n) is 31.3. The number of nitrogens with one attached hydrogen (secondary N) is 1. The molecule has 55 heavy (non-hydrogen) atoms. The normalized spacial score (nSPS) is 23.2. The van der Waals surface area contributed by atoms with Crippen LogP contribution in [0.3, 0.4) is 0 Å². The van der Waals surface area contributed by atoms with Gasteiger partial charge in [-0.15, -0.1) is 0 Å². The molecule has 3 aliphatic carbocycles. The van der Waals surface area contributed by atoms with E-state index in [0.717, 1.165) is 90.6 Å². The number of carbonyl (C=O) groups is 2. The van der Waals surface area contributed by atoms with Crippen LogP contribution < -0.4 is 19.5 Å². The fraction of sp³-hybridized carbons (Fsp3) is 0.432. The third-order valence-electron chi connectivity index (χ3n) is 12.4. The lowest BCUT2D eigenvalue weighted by molar-refractivity contribution is -0.160. The van der Waals surface area contributed by atoms with E-state index in [-0.39, 0.29) is 6.10 Å². The number of rotatable bonds is 13. The van der Waals surface area contributed by atoms with Gasteiger partial charge in [0.1, 0.15) is 23.4 Å². The molecule has 3 heterocycles. The molecule has 2 saturated heterocycles. The Balaban J connectivity index is 0.994. The van der Waals surface area contributed by atoms with Crippen molar-refractivity contribution >= 4 is 35.0 Å². The van der Waals surface area contributed by atoms with Crippen LogP contribution in [0.5, 0.6) is 17.4 Å². The largest absolute Gasteiger partial charge is 0.496 e. The summed E-state index contributed by atoms with van der Waals surface area (Å²) in [5.74, 6) is 1.83. The molecule has 4 aromatic rings. The minimum atomic E-state index is -0.693. The van der Waals surface area contributed by atoms with Crippen LogP contribution in [0.25, 0.3) is 22.4 Å². The standard InChI is InChI=1S/C44H47Cl2N3O6/c1-53-39-21-40(36(45)20-28(39)24-49-25-44(43(51)52)17-15-29(49)16-18-44)55-38-14-12-32-31(5-3-6-33(32)38)34-7-4-8-35(41(34)46)37-13-10-27(42(48-37)54-2)23-47-22-26-9-11-30(50)19-26/h3-8,10,13,20-21,26,29,38,47H,9,11-12,14-19,22-25H2,1-2H3,(H,51,52)/t26-,29?,38+,44?/m1/s1. The summed E-state index contributed by atoms with van der Waals surface area (Å²) in [6, 6.07) is 20.5. The van der Waals surface area contributed by atoms with Gasteiger partial charge in [0, 0.05) is 66.8 Å². The molecule has 0 radical (unpaired) electrons. The summed E-state index contributed by atoms with van der Waals surface area (Å²) in [5, 5.41) is 14.6. The van der Waals surface area contributed by atoms with Crippen molar-refractivity contribution in [1.29, 1.82) is 0 Å². The highest BCUT2D eigenvalue weighted by Gasteiger charge is 2.49. The molecule has 0 spiro atoms. The van der Waals surface area contributed by atoms with Gasteiger partial charge in [-0.25, -0.2) is 4.98 Å². The first-order valence-corrected chi connectivity index (χ1v) is 20.1. The number of aromatic nitrogens is 1. The van der Waals surface area contributed by atoms with Crippen molar-refractivity contribution in [2.24, 2.45) is 11.3 Å². The summed E-state index contributed by atoms with van der Waals surface area (Å²) in [5.41, 5.74) is 7.02. The van der Waals surface area contributed by atoms with Gasteiger partial charge in [0.05, 0.1) is 35.4 Å². The monoisotopic (exact) mass is 783 g/mol. The molecule has 2 N–H and O–H groups in total. The lowest BCUT2D eigenvalue weighted by Crippen LogP contribution is -2.56. The van der Waals surface area contributed by atoms with E-state index in [4.69, 9.17) is 42.4 Å². The van der Waals surface area contributed by atoms with Crippen LogP contribution in [0.2, 0.25) is 10.0 Å². The van der Waals surface area contributed by atoms with E-state index >= 15 is 0 Å². The van der Waals surface area contributed by atoms with Crippen molar-refractivity contribution < 1.29 is 28.9 Å². The Morgan fingerprint density at radius 1 is 0.927 bits per heavy atom. The maximum absolute atomic E-state index is 12.2. The number of halogens is 2. The molecule has 1 aromatic heterocycles. The average molecular weight is 785 g/mol. The van der Waals surface area contributed by atoms with Crippen LogP contribution in [0.4, 0.5) is 0 Å². The topological polar surface area (TPSA) is 110 Å². The minimum absolute atomic E-state index is 0.209. The van der Waals surface area contributed by atoms with Crippen LogP contribution in [0.1, 0.15) is 79.7 Å². The summed E-state index contributed by atoms with van der Waals surface area (Å²) in [7, 11) is 3.27. The number of fused-ring (bicyclic) bond motifs is 4. The Bertz CT molecular complexity index is 2120. The van der Waals surface area contributed by atoms with Crippen molar-refractivity contribution in [3.63, 3.8) is 0 Å². The van der Waals surface area contributed by atoms with Crippen LogP contribution in [-0.2, 0) is 29.1 Å². The molecule has 0 amide bonds. The highest BCUT2D eigenvalue weighted by molar-refractivity contribution is 6.36. The molecule has 2 bridgehead atoms. The average Bonchev–Trinajstić information content (AvgIpc) is 3.81. The molecular weight excluding hydrogens is 737 g/mol. The predicted molar refractivity (Wildman–Crippen MR) is 213 cm³/mol. The van der Waals surface area contributed by atoms with E-state index in [9.17, 15) is 14.7 Å². The number of hydrogen-bond donors (Lipinski definition) is 2. The second kappa shape index (κ2) is 15.8. The molecular formula is C44H47Cl2N3O6. The van der Waals surface area contributed by atoms with E-state index in [1.165, 1.54) is 5.56 Å². The predicted octanol–water partition coefficient (Wildman–Crippen LogP) is 9.09. The van der Waals surface area contributed by atoms with Gasteiger partial charge in [0.25, 0.3) is 0 Å². The molecule has 9 nitrogen and oxygen atoms in total. The smallest absolute Gasteiger partial charge is 0.310 e. The van der Waals surface area contributed by atoms with Crippen LogP contribution in [0.15, 0.2) is 60.7 Å². The third kappa shape index (κ3) is 7.44. The molecule has 9 rings (SSSR count). The van der Waals surface area contributed by atoms with Gasteiger partial charge in [0.15, 0.2) is 0 Å². The second-order valence-electron chi connectivity index (χ2n) is 15.6. The molecule has 4 fully saturated rings. The zero-order valence-corrected chi connectivity index (χ0v) is 32.8. The molecule has 11 heteroatoms. The molecule has 288 valence electrons. The quantitative estimate of drug-likeness (QED) is 0.137. The summed E-state index contributed by atoms with van der Waals surface area (Å²) >= 11 is 14.1. The number of Topliss-reactive ketones (excluding diaryl/α,β-unsaturated/α-hetero) is 1. The highest BCUT2D eigenvalue weighted by Crippen LogP contribution is 2.48. The second-order valence-corrected chi connectivity index (χ2v) is 16.4. The number of benzene rings is 3. The van der Waals surface area contributed by atoms with Gasteiger partial charge in [-0.3, -0.25) is 14.5 Å². The number of pyridine rings is 1. The number of carbonyl (C=O) groups excluding carboxylic acids is 1. The fourth-order valence-corrected chi connectivity index (χ4v) is 9.91. The SMILES string of the molecule is COc1cc(O[C@H]2CCc3c(-c4cccc(-c5ccc(CNC[C@@H]6CCC(=O)C6)c(OC)n5)c4Cl)cccc32)c(Cl)cc1CN1CC2(C(=O)O)CCC1CC2. The number of carboxylic acid groups (broad SMARTS) is 1. The van der Waals surface area contributed by atoms with E-state index in [1.54, 1.807) is 14.2 Å². The number of ether oxygens (including phenoxy) is 3. The Morgan fingerprint density at radius 2 is 1.71 bits per heavy atom. The van der Waals surface area contributed by atoms with Crippen LogP contribution in [-0.4, -0.2) is 60.1 Å². The number of aliphatic carboxylic acids is 1. The van der Waals surface area contributed by atoms with Gasteiger partial charge in [-0.2, -0.15) is 0 Å². The lowest BCUT2D eigenvalue weighted by atomic mass is 9.67. The van der Waals surface area contributed by atoms with E-state index in [2.05, 4.69) is 22.3 Å². The third-order valence-corrected chi connectivity index (χ3v) is 13.1. The van der Waals surface area contributed by atoms with E-state index < -0.39 is 11.4 Å². The Hall–Kier alpha value is -4.15. The Kier molecular flexibility index (Phi) is 10.8. The number of methoxy groups -OCH3 is 2. The minimum Gasteiger partial charge on any atom is -0.496 e. The molecule has 3 aromatic carbocycles. The Labute approximate surface area is 332 Å². The molecule has 2 aliphatic heterocycles. The summed E-state index contributed by atoms with van der Waals surface area (Å²) < 4.78 is 18.2. The van der Waals surface area contributed by atoms with Crippen LogP contribution in [0, 0.1) is 11.3 Å². The molecule has 5 aliphatic rings. The first-order chi connectivity index (χ1) is 26.7. The lowest BCUT2D eigenvalue weighted by Gasteiger charge is -2.50. The zero-order chi connectivity index (χ0) is 38.3. The maximum atomic E-state index is 12.2. The number of hydrogen-bond acceptors (Lipinski definition) is 8. The summed E-state index contributed by atoms with van der Waals surface area (Å²) in [6.45, 7) is 2.51. The first kappa shape index (κ1) is 37.8. The van der Waals surface area contributed by atoms with Crippen molar-refractivity contribution in [3.8, 4) is 39.8 Å². The van der Waals surface area contributed by atoms with Crippen molar-refractivity contribution in [2.45, 2.75) is 83.0 Å². The van der Waals surface area contributed by atoms with Gasteiger partial charge < -0.3 is 24.6 Å². The first-order valence-electron chi connectivity index (χ1n) is 19.3. The van der Waals surface area contributed by atoms with E-state index in [0.29, 0.717) is 77.6 Å². The van der Waals surface area contributed by atoms with E-state index in [1.807, 2.05) is 48.5 Å². The Morgan fingerprint density at radius 3 is 2.45 bits per heavy atom. The molecule has 2 atom stereocenters.